The molecule has 0 unspecified atom stereocenters. The molecule has 0 fully saturated rings. The lowest BCUT2D eigenvalue weighted by molar-refractivity contribution is -0.133. The monoisotopic (exact) mass is 797 g/mol. The largest absolute Gasteiger partial charge is 0.493 e. The van der Waals surface area contributed by atoms with Crippen LogP contribution < -0.4 is 30.2 Å². The average molecular weight is 798 g/mol. The minimum atomic E-state index is -1.09. The van der Waals surface area contributed by atoms with Crippen molar-refractivity contribution in [3.63, 3.8) is 0 Å². The van der Waals surface area contributed by atoms with Crippen molar-refractivity contribution in [1.82, 2.24) is 25.8 Å². The molecule has 0 aromatic heterocycles. The molecule has 1 aliphatic rings. The zero-order valence-corrected chi connectivity index (χ0v) is 32.8. The molecule has 4 aromatic carbocycles. The first-order valence-corrected chi connectivity index (χ1v) is 19.2. The number of carbonyl (C=O) groups is 5. The summed E-state index contributed by atoms with van der Waals surface area (Å²) in [4.78, 5) is 70.5. The molecule has 4 aromatic rings. The number of halogens is 1. The van der Waals surface area contributed by atoms with E-state index in [0.29, 0.717) is 35.1 Å². The molecule has 0 saturated carbocycles. The number of ether oxygens (including phenoxy) is 3. The standard InChI is InChI=1S/C43H48ClN5O8/c1-48-28-39(50)45-23-10-25-56-37-15-8-6-13-34(37)41(52)47-36(42(53)46-24-26-55-33-19-17-31(44)18-20-33)21-22-40(51)49(2)32(27-30-11-4-3-5-12-30)29-57-38-16-9-7-14-35(38)43(48)54/h3-9,11-20,32,36H,10,21-29H2,1-2H3,(H,45,50)(H,46,53)(H,47,52)/t32-,36-/m0/s1. The molecule has 2 atom stereocenters. The van der Waals surface area contributed by atoms with Gasteiger partial charge < -0.3 is 40.0 Å². The first-order valence-electron chi connectivity index (χ1n) is 18.8. The summed E-state index contributed by atoms with van der Waals surface area (Å²) >= 11 is 5.97. The molecule has 13 nitrogen and oxygen atoms in total. The number of nitrogens with one attached hydrogen (secondary N) is 3. The lowest BCUT2D eigenvalue weighted by Crippen LogP contribution is -2.48. The van der Waals surface area contributed by atoms with Crippen LogP contribution in [0.5, 0.6) is 17.2 Å². The maximum absolute atomic E-state index is 13.9. The highest BCUT2D eigenvalue weighted by Gasteiger charge is 2.28. The van der Waals surface area contributed by atoms with Crippen LogP contribution in [-0.2, 0) is 20.8 Å². The Bertz CT molecular complexity index is 1980. The van der Waals surface area contributed by atoms with E-state index >= 15 is 0 Å². The average Bonchev–Trinajstić information content (AvgIpc) is 3.22. The van der Waals surface area contributed by atoms with Crippen LogP contribution in [0.2, 0.25) is 5.02 Å². The highest BCUT2D eigenvalue weighted by Crippen LogP contribution is 2.22. The first-order chi connectivity index (χ1) is 27.6. The summed E-state index contributed by atoms with van der Waals surface area (Å²) < 4.78 is 17.9. The van der Waals surface area contributed by atoms with E-state index in [-0.39, 0.29) is 75.2 Å². The topological polar surface area (TPSA) is 156 Å². The molecule has 1 heterocycles. The van der Waals surface area contributed by atoms with Gasteiger partial charge in [0, 0.05) is 32.1 Å². The summed E-state index contributed by atoms with van der Waals surface area (Å²) in [7, 11) is 3.21. The van der Waals surface area contributed by atoms with Crippen molar-refractivity contribution in [2.75, 3.05) is 53.6 Å². The van der Waals surface area contributed by atoms with Crippen molar-refractivity contribution >= 4 is 41.1 Å². The van der Waals surface area contributed by atoms with Crippen LogP contribution in [0.15, 0.2) is 103 Å². The normalized spacial score (nSPS) is 17.8. The number of carbonyl (C=O) groups excluding carboxylic acids is 5. The van der Waals surface area contributed by atoms with Crippen LogP contribution in [0, 0.1) is 0 Å². The molecule has 0 spiro atoms. The van der Waals surface area contributed by atoms with Gasteiger partial charge in [-0.25, -0.2) is 0 Å². The molecular weight excluding hydrogens is 750 g/mol. The van der Waals surface area contributed by atoms with E-state index in [0.717, 1.165) is 5.56 Å². The van der Waals surface area contributed by atoms with Crippen LogP contribution in [0.25, 0.3) is 0 Å². The minimum absolute atomic E-state index is 0.00983. The Balaban J connectivity index is 1.38. The van der Waals surface area contributed by atoms with E-state index in [4.69, 9.17) is 25.8 Å². The summed E-state index contributed by atoms with van der Waals surface area (Å²) in [6, 6.07) is 28.3. The van der Waals surface area contributed by atoms with Gasteiger partial charge in [-0.1, -0.05) is 66.2 Å². The van der Waals surface area contributed by atoms with E-state index in [1.807, 2.05) is 30.3 Å². The lowest BCUT2D eigenvalue weighted by Gasteiger charge is -2.29. The molecule has 3 N–H and O–H groups in total. The fourth-order valence-electron chi connectivity index (χ4n) is 6.11. The Kier molecular flexibility index (Phi) is 15.7. The van der Waals surface area contributed by atoms with Crippen molar-refractivity contribution in [3.05, 3.63) is 125 Å². The smallest absolute Gasteiger partial charge is 0.257 e. The second-order valence-electron chi connectivity index (χ2n) is 13.5. The predicted molar refractivity (Wildman–Crippen MR) is 216 cm³/mol. The Morgan fingerprint density at radius 1 is 0.860 bits per heavy atom. The van der Waals surface area contributed by atoms with Crippen molar-refractivity contribution in [1.29, 1.82) is 0 Å². The molecule has 0 bridgehead atoms. The third-order valence-corrected chi connectivity index (χ3v) is 9.57. The fraction of sp³-hybridized carbons (Fsp3) is 0.326. The van der Waals surface area contributed by atoms with Crippen molar-refractivity contribution < 1.29 is 38.2 Å². The number of fused-ring (bicyclic) bond motifs is 2. The van der Waals surface area contributed by atoms with Gasteiger partial charge >= 0.3 is 0 Å². The fourth-order valence-corrected chi connectivity index (χ4v) is 6.24. The number of hydrogen-bond donors (Lipinski definition) is 3. The molecule has 0 radical (unpaired) electrons. The molecule has 57 heavy (non-hydrogen) atoms. The Morgan fingerprint density at radius 3 is 2.26 bits per heavy atom. The van der Waals surface area contributed by atoms with Gasteiger partial charge in [-0.15, -0.1) is 0 Å². The van der Waals surface area contributed by atoms with Gasteiger partial charge in [-0.05, 0) is 73.4 Å². The van der Waals surface area contributed by atoms with Crippen LogP contribution >= 0.6 is 11.6 Å². The molecule has 1 aliphatic heterocycles. The number of amides is 5. The number of para-hydroxylation sites is 2. The van der Waals surface area contributed by atoms with E-state index in [2.05, 4.69) is 16.0 Å². The van der Waals surface area contributed by atoms with E-state index < -0.39 is 29.8 Å². The summed E-state index contributed by atoms with van der Waals surface area (Å²) in [6.07, 6.45) is 0.758. The number of benzene rings is 4. The molecule has 14 heteroatoms. The van der Waals surface area contributed by atoms with Gasteiger partial charge in [0.25, 0.3) is 11.8 Å². The number of nitrogens with zero attached hydrogens (tertiary/aromatic N) is 2. The third kappa shape index (κ3) is 12.7. The van der Waals surface area contributed by atoms with Crippen LogP contribution in [0.4, 0.5) is 0 Å². The highest BCUT2D eigenvalue weighted by atomic mass is 35.5. The number of likely N-dealkylation sites (N-methyl/N-ethyl adjacent to an activating group) is 2. The second kappa shape index (κ2) is 21.3. The Hall–Kier alpha value is -6.08. The van der Waals surface area contributed by atoms with E-state index in [1.165, 1.54) is 4.90 Å². The van der Waals surface area contributed by atoms with Gasteiger partial charge in [0.05, 0.1) is 36.9 Å². The summed E-state index contributed by atoms with van der Waals surface area (Å²) in [5.41, 5.74) is 1.44. The number of hydrogen-bond acceptors (Lipinski definition) is 8. The van der Waals surface area contributed by atoms with Gasteiger partial charge in [-0.2, -0.15) is 0 Å². The maximum atomic E-state index is 13.9. The maximum Gasteiger partial charge on any atom is 0.257 e. The van der Waals surface area contributed by atoms with Crippen molar-refractivity contribution in [3.8, 4) is 17.2 Å². The lowest BCUT2D eigenvalue weighted by atomic mass is 10.0. The third-order valence-electron chi connectivity index (χ3n) is 9.32. The molecule has 0 saturated heterocycles. The van der Waals surface area contributed by atoms with Crippen LogP contribution in [0.1, 0.15) is 45.5 Å². The SMILES string of the molecule is CN1CC(=O)NCCCOc2ccccc2C(=O)N[C@H](C(=O)NCCOc2ccc(Cl)cc2)CCC(=O)N(C)[C@@H](Cc2ccccc2)COc2ccccc2C1=O. The Morgan fingerprint density at radius 2 is 1.53 bits per heavy atom. The Labute approximate surface area is 337 Å². The van der Waals surface area contributed by atoms with E-state index in [9.17, 15) is 24.0 Å². The second-order valence-corrected chi connectivity index (χ2v) is 14.0. The summed E-state index contributed by atoms with van der Waals surface area (Å²) in [6.45, 7) is 0.578. The zero-order chi connectivity index (χ0) is 40.6. The van der Waals surface area contributed by atoms with Gasteiger partial charge in [0.15, 0.2) is 0 Å². The number of rotatable bonds is 7. The molecule has 5 amide bonds. The minimum Gasteiger partial charge on any atom is -0.493 e. The highest BCUT2D eigenvalue weighted by molar-refractivity contribution is 6.30. The first kappa shape index (κ1) is 42.1. The molecular formula is C43H48ClN5O8. The van der Waals surface area contributed by atoms with Gasteiger partial charge in [0.1, 0.15) is 36.5 Å². The summed E-state index contributed by atoms with van der Waals surface area (Å²) in [5, 5.41) is 9.01. The quantitative estimate of drug-likeness (QED) is 0.231. The van der Waals surface area contributed by atoms with E-state index in [1.54, 1.807) is 91.8 Å². The predicted octanol–water partition coefficient (Wildman–Crippen LogP) is 4.53. The van der Waals surface area contributed by atoms with Crippen LogP contribution in [0.3, 0.4) is 0 Å². The van der Waals surface area contributed by atoms with Crippen LogP contribution in [-0.4, -0.2) is 105 Å². The molecule has 5 rings (SSSR count). The molecule has 300 valence electrons. The molecule has 0 aliphatic carbocycles. The van der Waals surface area contributed by atoms with Gasteiger partial charge in [0.2, 0.25) is 17.7 Å². The zero-order valence-electron chi connectivity index (χ0n) is 32.1. The van der Waals surface area contributed by atoms with Crippen molar-refractivity contribution in [2.24, 2.45) is 0 Å². The van der Waals surface area contributed by atoms with Crippen molar-refractivity contribution in [2.45, 2.75) is 37.8 Å². The van der Waals surface area contributed by atoms with Gasteiger partial charge in [-0.3, -0.25) is 24.0 Å². The summed E-state index contributed by atoms with van der Waals surface area (Å²) in [5.74, 6) is -0.911.